The van der Waals surface area contributed by atoms with E-state index in [0.29, 0.717) is 0 Å². The predicted molar refractivity (Wildman–Crippen MR) is 47.9 cm³/mol. The molecule has 0 amide bonds. The molecule has 8 heteroatoms. The van der Waals surface area contributed by atoms with Gasteiger partial charge >= 0.3 is 6.36 Å². The van der Waals surface area contributed by atoms with Crippen LogP contribution >= 0.6 is 0 Å². The summed E-state index contributed by atoms with van der Waals surface area (Å²) in [6.07, 6.45) is -4.88. The van der Waals surface area contributed by atoms with E-state index in [-0.39, 0.29) is 23.6 Å². The molecule has 0 aliphatic heterocycles. The van der Waals surface area contributed by atoms with Crippen LogP contribution in [-0.4, -0.2) is 11.3 Å². The number of halogens is 3. The smallest absolute Gasteiger partial charge is 0.402 e. The van der Waals surface area contributed by atoms with Crippen molar-refractivity contribution in [3.63, 3.8) is 0 Å². The van der Waals surface area contributed by atoms with Crippen molar-refractivity contribution >= 4 is 5.69 Å². The van der Waals surface area contributed by atoms with Gasteiger partial charge in [0.05, 0.1) is 11.4 Å². The van der Waals surface area contributed by atoms with E-state index in [1.165, 1.54) is 0 Å². The average Bonchev–Trinajstić information content (AvgIpc) is 2.19. The minimum atomic E-state index is -4.88. The Labute approximate surface area is 88.4 Å². The van der Waals surface area contributed by atoms with Gasteiger partial charge in [0, 0.05) is 12.6 Å². The normalized spacial score (nSPS) is 10.9. The molecule has 5 nitrogen and oxygen atoms in total. The Morgan fingerprint density at radius 3 is 2.56 bits per heavy atom. The fourth-order valence-corrected chi connectivity index (χ4v) is 1.04. The molecular formula is C8H7F3N4O. The number of ether oxygens (including phenoxy) is 1. The zero-order chi connectivity index (χ0) is 12.3. The lowest BCUT2D eigenvalue weighted by Crippen LogP contribution is -2.20. The van der Waals surface area contributed by atoms with Gasteiger partial charge in [0.25, 0.3) is 0 Å². The molecule has 0 fully saturated rings. The van der Waals surface area contributed by atoms with Crippen LogP contribution in [0.3, 0.4) is 0 Å². The molecule has 0 spiro atoms. The summed E-state index contributed by atoms with van der Waals surface area (Å²) in [5.74, 6) is -0.658. The largest absolute Gasteiger partial charge is 0.573 e. The van der Waals surface area contributed by atoms with Crippen molar-refractivity contribution in [2.75, 3.05) is 5.73 Å². The number of pyridine rings is 1. The zero-order valence-corrected chi connectivity index (χ0v) is 7.88. The van der Waals surface area contributed by atoms with Crippen molar-refractivity contribution in [2.45, 2.75) is 12.9 Å². The lowest BCUT2D eigenvalue weighted by atomic mass is 10.2. The van der Waals surface area contributed by atoms with E-state index in [1.54, 1.807) is 6.07 Å². The summed E-state index contributed by atoms with van der Waals surface area (Å²) in [6.45, 7) is -0.314. The molecule has 0 radical (unpaired) electrons. The van der Waals surface area contributed by atoms with Gasteiger partial charge in [0.15, 0.2) is 5.75 Å². The first-order valence-electron chi connectivity index (χ1n) is 4.02. The summed E-state index contributed by atoms with van der Waals surface area (Å²) < 4.78 is 39.7. The van der Waals surface area contributed by atoms with E-state index in [9.17, 15) is 13.2 Å². The molecule has 0 bridgehead atoms. The summed E-state index contributed by atoms with van der Waals surface area (Å²) in [5.41, 5.74) is 9.83. The lowest BCUT2D eigenvalue weighted by molar-refractivity contribution is -0.274. The van der Waals surface area contributed by atoms with Gasteiger partial charge in [-0.1, -0.05) is 0 Å². The fraction of sp³-hybridized carbons (Fsp3) is 0.250. The third-order valence-corrected chi connectivity index (χ3v) is 1.60. The van der Waals surface area contributed by atoms with Crippen LogP contribution in [0, 0.1) is 11.3 Å². The maximum atomic E-state index is 12.0. The quantitative estimate of drug-likeness (QED) is 0.789. The third kappa shape index (κ3) is 2.74. The number of hydrogen-bond donors (Lipinski definition) is 2. The fourth-order valence-electron chi connectivity index (χ4n) is 1.04. The van der Waals surface area contributed by atoms with Gasteiger partial charge in [-0.05, 0) is 0 Å². The van der Waals surface area contributed by atoms with Crippen LogP contribution in [0.4, 0.5) is 18.9 Å². The number of nitrogen functional groups attached to an aromatic ring is 1. The van der Waals surface area contributed by atoms with Crippen molar-refractivity contribution < 1.29 is 17.9 Å². The highest BCUT2D eigenvalue weighted by atomic mass is 19.4. The van der Waals surface area contributed by atoms with E-state index >= 15 is 0 Å². The first kappa shape index (κ1) is 12.1. The maximum absolute atomic E-state index is 12.0. The van der Waals surface area contributed by atoms with Gasteiger partial charge in [0.1, 0.15) is 11.8 Å². The van der Waals surface area contributed by atoms with Gasteiger partial charge in [0.2, 0.25) is 0 Å². The zero-order valence-electron chi connectivity index (χ0n) is 7.88. The van der Waals surface area contributed by atoms with Crippen LogP contribution in [0.1, 0.15) is 11.4 Å². The van der Waals surface area contributed by atoms with Gasteiger partial charge in [-0.25, -0.2) is 4.98 Å². The molecule has 16 heavy (non-hydrogen) atoms. The lowest BCUT2D eigenvalue weighted by Gasteiger charge is -2.13. The Morgan fingerprint density at radius 1 is 1.50 bits per heavy atom. The molecule has 4 N–H and O–H groups in total. The third-order valence-electron chi connectivity index (χ3n) is 1.60. The predicted octanol–water partition coefficient (Wildman–Crippen LogP) is 0.893. The van der Waals surface area contributed by atoms with E-state index in [0.717, 1.165) is 6.07 Å². The molecule has 1 heterocycles. The number of aromatic nitrogens is 1. The molecule has 0 atom stereocenters. The highest BCUT2D eigenvalue weighted by molar-refractivity contribution is 5.57. The minimum Gasteiger partial charge on any atom is -0.402 e. The first-order chi connectivity index (χ1) is 7.37. The SMILES string of the molecule is N#Cc1cc(N)c(OC(F)(F)F)c(CN)n1. The molecule has 1 rings (SSSR count). The molecule has 0 saturated carbocycles. The summed E-state index contributed by atoms with van der Waals surface area (Å²) >= 11 is 0. The second-order valence-corrected chi connectivity index (χ2v) is 2.74. The molecule has 1 aromatic heterocycles. The van der Waals surface area contributed by atoms with Gasteiger partial charge in [-0.3, -0.25) is 0 Å². The van der Waals surface area contributed by atoms with Crippen molar-refractivity contribution in [1.29, 1.82) is 5.26 Å². The number of nitrogens with zero attached hydrogens (tertiary/aromatic N) is 2. The van der Waals surface area contributed by atoms with E-state index in [2.05, 4.69) is 9.72 Å². The van der Waals surface area contributed by atoms with Gasteiger partial charge < -0.3 is 16.2 Å². The van der Waals surface area contributed by atoms with Crippen LogP contribution in [-0.2, 0) is 6.54 Å². The van der Waals surface area contributed by atoms with Crippen LogP contribution < -0.4 is 16.2 Å². The number of hydrogen-bond acceptors (Lipinski definition) is 5. The van der Waals surface area contributed by atoms with Gasteiger partial charge in [-0.2, -0.15) is 5.26 Å². The average molecular weight is 232 g/mol. The Balaban J connectivity index is 3.23. The van der Waals surface area contributed by atoms with E-state index < -0.39 is 12.1 Å². The van der Waals surface area contributed by atoms with Crippen molar-refractivity contribution in [3.05, 3.63) is 17.5 Å². The maximum Gasteiger partial charge on any atom is 0.573 e. The van der Waals surface area contributed by atoms with Crippen molar-refractivity contribution in [1.82, 2.24) is 4.98 Å². The summed E-state index contributed by atoms with van der Waals surface area (Å²) in [4.78, 5) is 3.56. The molecule has 86 valence electrons. The molecule has 0 aliphatic carbocycles. The molecule has 0 unspecified atom stereocenters. The Morgan fingerprint density at radius 2 is 2.12 bits per heavy atom. The molecule has 0 saturated heterocycles. The highest BCUT2D eigenvalue weighted by Gasteiger charge is 2.33. The first-order valence-corrected chi connectivity index (χ1v) is 4.02. The topological polar surface area (TPSA) is 98.0 Å². The molecule has 0 aromatic carbocycles. The van der Waals surface area contributed by atoms with Crippen LogP contribution in [0.5, 0.6) is 5.75 Å². The van der Waals surface area contributed by atoms with Crippen LogP contribution in [0.25, 0.3) is 0 Å². The number of alkyl halides is 3. The number of nitrogens with two attached hydrogens (primary N) is 2. The van der Waals surface area contributed by atoms with E-state index in [4.69, 9.17) is 16.7 Å². The monoisotopic (exact) mass is 232 g/mol. The molecular weight excluding hydrogens is 225 g/mol. The van der Waals surface area contributed by atoms with Crippen molar-refractivity contribution in [2.24, 2.45) is 5.73 Å². The number of rotatable bonds is 2. The Bertz CT molecular complexity index is 438. The van der Waals surface area contributed by atoms with E-state index in [1.807, 2.05) is 0 Å². The summed E-state index contributed by atoms with van der Waals surface area (Å²) in [6, 6.07) is 2.64. The number of nitriles is 1. The molecule has 1 aromatic rings. The molecule has 0 aliphatic rings. The minimum absolute atomic E-state index is 0.118. The Hall–Kier alpha value is -2.01. The van der Waals surface area contributed by atoms with Gasteiger partial charge in [-0.15, -0.1) is 13.2 Å². The Kier molecular flexibility index (Phi) is 3.20. The van der Waals surface area contributed by atoms with Crippen LogP contribution in [0.15, 0.2) is 6.07 Å². The summed E-state index contributed by atoms with van der Waals surface area (Å²) in [5, 5.41) is 8.53. The second kappa shape index (κ2) is 4.24. The van der Waals surface area contributed by atoms with Crippen molar-refractivity contribution in [3.8, 4) is 11.8 Å². The second-order valence-electron chi connectivity index (χ2n) is 2.74. The highest BCUT2D eigenvalue weighted by Crippen LogP contribution is 2.31. The summed E-state index contributed by atoms with van der Waals surface area (Å²) in [7, 11) is 0. The standard InChI is InChI=1S/C8H7F3N4O/c9-8(10,11)16-7-5(14)1-4(2-12)15-6(7)3-13/h1H,3,13H2,(H2,14,15). The van der Waals surface area contributed by atoms with Crippen LogP contribution in [0.2, 0.25) is 0 Å². The number of anilines is 1.